The Bertz CT molecular complexity index is 926. The van der Waals surface area contributed by atoms with Crippen LogP contribution in [0, 0.1) is 11.3 Å². The van der Waals surface area contributed by atoms with Crippen molar-refractivity contribution in [3.63, 3.8) is 0 Å². The van der Waals surface area contributed by atoms with E-state index in [4.69, 9.17) is 9.47 Å². The maximum Gasteiger partial charge on any atom is 0.266 e. The monoisotopic (exact) mass is 364 g/mol. The van der Waals surface area contributed by atoms with E-state index < -0.39 is 5.91 Å². The van der Waals surface area contributed by atoms with Gasteiger partial charge in [0.05, 0.1) is 19.4 Å². The van der Waals surface area contributed by atoms with E-state index in [0.717, 1.165) is 0 Å². The van der Waals surface area contributed by atoms with E-state index in [1.165, 1.54) is 20.1 Å². The van der Waals surface area contributed by atoms with Gasteiger partial charge in [0.2, 0.25) is 0 Å². The number of methoxy groups -OCH3 is 1. The van der Waals surface area contributed by atoms with E-state index in [1.54, 1.807) is 42.5 Å². The molecule has 0 fully saturated rings. The molecule has 0 radical (unpaired) electrons. The Kier molecular flexibility index (Phi) is 6.73. The van der Waals surface area contributed by atoms with Gasteiger partial charge in [0.25, 0.3) is 5.91 Å². The van der Waals surface area contributed by atoms with Crippen LogP contribution in [0.25, 0.3) is 6.08 Å². The van der Waals surface area contributed by atoms with Crippen molar-refractivity contribution < 1.29 is 19.1 Å². The lowest BCUT2D eigenvalue weighted by Crippen LogP contribution is -2.15. The van der Waals surface area contributed by atoms with E-state index in [0.29, 0.717) is 34.9 Å². The molecule has 0 spiro atoms. The molecule has 0 aromatic heterocycles. The first kappa shape index (κ1) is 19.7. The minimum absolute atomic E-state index is 0.0963. The highest BCUT2D eigenvalue weighted by molar-refractivity contribution is 6.12. The van der Waals surface area contributed by atoms with Gasteiger partial charge in [0.1, 0.15) is 11.6 Å². The summed E-state index contributed by atoms with van der Waals surface area (Å²) in [5, 5.41) is 12.0. The van der Waals surface area contributed by atoms with Crippen molar-refractivity contribution in [2.75, 3.05) is 19.0 Å². The molecular formula is C21H20N2O4. The minimum Gasteiger partial charge on any atom is -0.493 e. The molecule has 6 heteroatoms. The van der Waals surface area contributed by atoms with E-state index >= 15 is 0 Å². The summed E-state index contributed by atoms with van der Waals surface area (Å²) in [7, 11) is 1.54. The number of amides is 1. The molecule has 2 aromatic carbocycles. The molecule has 0 saturated heterocycles. The summed E-state index contributed by atoms with van der Waals surface area (Å²) in [5.41, 5.74) is 1.26. The maximum atomic E-state index is 12.5. The van der Waals surface area contributed by atoms with Crippen LogP contribution in [0.4, 0.5) is 5.69 Å². The molecule has 0 saturated carbocycles. The molecule has 1 amide bonds. The molecule has 0 atom stereocenters. The summed E-state index contributed by atoms with van der Waals surface area (Å²) in [6, 6.07) is 13.6. The first-order valence-electron chi connectivity index (χ1n) is 8.34. The quantitative estimate of drug-likeness (QED) is 0.458. The number of anilines is 1. The van der Waals surface area contributed by atoms with Crippen LogP contribution in [0.5, 0.6) is 11.5 Å². The van der Waals surface area contributed by atoms with Crippen molar-refractivity contribution >= 4 is 23.5 Å². The number of nitriles is 1. The summed E-state index contributed by atoms with van der Waals surface area (Å²) in [4.78, 5) is 24.2. The Balaban J connectivity index is 2.31. The van der Waals surface area contributed by atoms with Crippen molar-refractivity contribution in [2.45, 2.75) is 13.8 Å². The van der Waals surface area contributed by atoms with Crippen molar-refractivity contribution in [3.05, 3.63) is 59.2 Å². The first-order chi connectivity index (χ1) is 13.0. The summed E-state index contributed by atoms with van der Waals surface area (Å²) in [6.07, 6.45) is 1.45. The zero-order valence-corrected chi connectivity index (χ0v) is 15.4. The highest BCUT2D eigenvalue weighted by Crippen LogP contribution is 2.29. The standard InChI is InChI=1S/C21H20N2O4/c1-4-27-20-12-15(9-10-19(20)26-3)11-16(13-22)21(25)23-18-8-6-5-7-17(18)14(2)24/h5-12H,4H2,1-3H3,(H,23,25)/b16-11-. The lowest BCUT2D eigenvalue weighted by molar-refractivity contribution is -0.112. The molecule has 27 heavy (non-hydrogen) atoms. The van der Waals surface area contributed by atoms with Gasteiger partial charge in [-0.05, 0) is 49.8 Å². The van der Waals surface area contributed by atoms with Gasteiger partial charge >= 0.3 is 0 Å². The molecule has 1 N–H and O–H groups in total. The fourth-order valence-electron chi connectivity index (χ4n) is 2.46. The first-order valence-corrected chi connectivity index (χ1v) is 8.34. The number of hydrogen-bond acceptors (Lipinski definition) is 5. The average molecular weight is 364 g/mol. The minimum atomic E-state index is -0.597. The Hall–Kier alpha value is -3.59. The smallest absolute Gasteiger partial charge is 0.266 e. The fourth-order valence-corrected chi connectivity index (χ4v) is 2.46. The number of hydrogen-bond donors (Lipinski definition) is 1. The number of carbonyl (C=O) groups is 2. The van der Waals surface area contributed by atoms with Gasteiger partial charge < -0.3 is 14.8 Å². The lowest BCUT2D eigenvalue weighted by Gasteiger charge is -2.10. The fraction of sp³-hybridized carbons (Fsp3) is 0.190. The number of ether oxygens (including phenoxy) is 2. The van der Waals surface area contributed by atoms with Gasteiger partial charge in [-0.3, -0.25) is 9.59 Å². The normalized spacial score (nSPS) is 10.7. The van der Waals surface area contributed by atoms with E-state index in [9.17, 15) is 14.9 Å². The van der Waals surface area contributed by atoms with Crippen molar-refractivity contribution in [1.82, 2.24) is 0 Å². The van der Waals surface area contributed by atoms with Crippen LogP contribution in [0.3, 0.4) is 0 Å². The van der Waals surface area contributed by atoms with Gasteiger partial charge in [0.15, 0.2) is 17.3 Å². The third-order valence-corrected chi connectivity index (χ3v) is 3.72. The van der Waals surface area contributed by atoms with Gasteiger partial charge in [-0.1, -0.05) is 18.2 Å². The number of para-hydroxylation sites is 1. The molecule has 0 bridgehead atoms. The molecule has 6 nitrogen and oxygen atoms in total. The number of Topliss-reactive ketones (excluding diaryl/α,β-unsaturated/α-hetero) is 1. The molecular weight excluding hydrogens is 344 g/mol. The highest BCUT2D eigenvalue weighted by atomic mass is 16.5. The lowest BCUT2D eigenvalue weighted by atomic mass is 10.1. The molecule has 2 rings (SSSR count). The van der Waals surface area contributed by atoms with Crippen molar-refractivity contribution in [1.29, 1.82) is 5.26 Å². The number of benzene rings is 2. The third kappa shape index (κ3) is 4.95. The van der Waals surface area contributed by atoms with Crippen LogP contribution in [0.15, 0.2) is 48.0 Å². The molecule has 0 aliphatic rings. The number of ketones is 1. The van der Waals surface area contributed by atoms with E-state index in [2.05, 4.69) is 5.32 Å². The molecule has 2 aromatic rings. The number of rotatable bonds is 7. The van der Waals surface area contributed by atoms with Gasteiger partial charge in [-0.15, -0.1) is 0 Å². The molecule has 0 aliphatic carbocycles. The summed E-state index contributed by atoms with van der Waals surface area (Å²) in [5.74, 6) is 0.311. The molecule has 0 unspecified atom stereocenters. The second-order valence-corrected chi connectivity index (χ2v) is 5.57. The Morgan fingerprint density at radius 2 is 1.93 bits per heavy atom. The molecule has 138 valence electrons. The van der Waals surface area contributed by atoms with Crippen LogP contribution in [-0.2, 0) is 4.79 Å². The SMILES string of the molecule is CCOc1cc(/C=C(/C#N)C(=O)Nc2ccccc2C(C)=O)ccc1OC. The van der Waals surface area contributed by atoms with Crippen LogP contribution in [-0.4, -0.2) is 25.4 Å². The number of carbonyl (C=O) groups excluding carboxylic acids is 2. The highest BCUT2D eigenvalue weighted by Gasteiger charge is 2.14. The van der Waals surface area contributed by atoms with Gasteiger partial charge in [0, 0.05) is 5.56 Å². The van der Waals surface area contributed by atoms with Crippen LogP contribution in [0.2, 0.25) is 0 Å². The van der Waals surface area contributed by atoms with E-state index in [1.807, 2.05) is 13.0 Å². The van der Waals surface area contributed by atoms with Crippen molar-refractivity contribution in [2.24, 2.45) is 0 Å². The predicted molar refractivity (Wildman–Crippen MR) is 103 cm³/mol. The topological polar surface area (TPSA) is 88.4 Å². The molecule has 0 heterocycles. The van der Waals surface area contributed by atoms with Gasteiger partial charge in [-0.25, -0.2) is 0 Å². The zero-order valence-electron chi connectivity index (χ0n) is 15.4. The maximum absolute atomic E-state index is 12.5. The average Bonchev–Trinajstić information content (AvgIpc) is 2.66. The van der Waals surface area contributed by atoms with E-state index in [-0.39, 0.29) is 11.4 Å². The Morgan fingerprint density at radius 3 is 2.56 bits per heavy atom. The van der Waals surface area contributed by atoms with Crippen molar-refractivity contribution in [3.8, 4) is 17.6 Å². The predicted octanol–water partition coefficient (Wildman–Crippen LogP) is 3.84. The van der Waals surface area contributed by atoms with Crippen LogP contribution < -0.4 is 14.8 Å². The number of nitrogens with zero attached hydrogens (tertiary/aromatic N) is 1. The third-order valence-electron chi connectivity index (χ3n) is 3.72. The number of nitrogens with one attached hydrogen (secondary N) is 1. The van der Waals surface area contributed by atoms with Crippen LogP contribution in [0.1, 0.15) is 29.8 Å². The Morgan fingerprint density at radius 1 is 1.19 bits per heavy atom. The second-order valence-electron chi connectivity index (χ2n) is 5.57. The summed E-state index contributed by atoms with van der Waals surface area (Å²) in [6.45, 7) is 3.72. The summed E-state index contributed by atoms with van der Waals surface area (Å²) >= 11 is 0. The Labute approximate surface area is 158 Å². The largest absolute Gasteiger partial charge is 0.493 e. The van der Waals surface area contributed by atoms with Crippen LogP contribution >= 0.6 is 0 Å². The summed E-state index contributed by atoms with van der Waals surface area (Å²) < 4.78 is 10.7. The zero-order chi connectivity index (χ0) is 19.8. The van der Waals surface area contributed by atoms with Gasteiger partial charge in [-0.2, -0.15) is 5.26 Å². The second kappa shape index (κ2) is 9.20. The molecule has 0 aliphatic heterocycles.